The fraction of sp³-hybridized carbons (Fsp3) is 0.706. The lowest BCUT2D eigenvalue weighted by Crippen LogP contribution is -2.47. The minimum absolute atomic E-state index is 0.0294. The van der Waals surface area contributed by atoms with Crippen molar-refractivity contribution in [2.24, 2.45) is 10.9 Å². The molecule has 0 spiro atoms. The largest absolute Gasteiger partial charge is 0.466 e. The number of esters is 1. The van der Waals surface area contributed by atoms with Gasteiger partial charge in [-0.2, -0.15) is 0 Å². The lowest BCUT2D eigenvalue weighted by atomic mass is 9.97. The highest BCUT2D eigenvalue weighted by molar-refractivity contribution is 7.09. The summed E-state index contributed by atoms with van der Waals surface area (Å²) in [7, 11) is 1.80. The molecule has 1 N–H and O–H groups in total. The van der Waals surface area contributed by atoms with Crippen LogP contribution < -0.4 is 5.32 Å². The van der Waals surface area contributed by atoms with E-state index in [-0.39, 0.29) is 11.9 Å². The maximum absolute atomic E-state index is 11.8. The maximum atomic E-state index is 11.8. The second-order valence-electron chi connectivity index (χ2n) is 5.82. The Morgan fingerprint density at radius 1 is 1.46 bits per heavy atom. The molecule has 1 aliphatic heterocycles. The van der Waals surface area contributed by atoms with Crippen molar-refractivity contribution in [1.82, 2.24) is 15.2 Å². The van der Waals surface area contributed by atoms with Crippen molar-refractivity contribution in [1.29, 1.82) is 0 Å². The molecule has 0 atom stereocenters. The Morgan fingerprint density at radius 2 is 2.21 bits per heavy atom. The first-order chi connectivity index (χ1) is 11.7. The smallest absolute Gasteiger partial charge is 0.309 e. The molecule has 134 valence electrons. The monoisotopic (exact) mass is 352 g/mol. The molecular weight excluding hydrogens is 324 g/mol. The normalized spacial score (nSPS) is 16.3. The predicted molar refractivity (Wildman–Crippen MR) is 97.5 cm³/mol. The summed E-state index contributed by atoms with van der Waals surface area (Å²) in [5, 5.41) is 6.73. The molecule has 0 aliphatic carbocycles. The number of carbonyl (C=O) groups excluding carboxylic acids is 1. The van der Waals surface area contributed by atoms with Gasteiger partial charge in [-0.1, -0.05) is 6.92 Å². The predicted octanol–water partition coefficient (Wildman–Crippen LogP) is 2.10. The summed E-state index contributed by atoms with van der Waals surface area (Å²) >= 11 is 1.73. The lowest BCUT2D eigenvalue weighted by molar-refractivity contribution is -0.149. The second-order valence-corrected chi connectivity index (χ2v) is 6.77. The van der Waals surface area contributed by atoms with Gasteiger partial charge in [-0.25, -0.2) is 4.98 Å². The van der Waals surface area contributed by atoms with E-state index in [0.29, 0.717) is 6.61 Å². The van der Waals surface area contributed by atoms with E-state index in [4.69, 9.17) is 4.74 Å². The van der Waals surface area contributed by atoms with E-state index in [1.807, 2.05) is 6.92 Å². The van der Waals surface area contributed by atoms with Crippen molar-refractivity contribution in [3.05, 3.63) is 16.1 Å². The van der Waals surface area contributed by atoms with Crippen LogP contribution in [0.4, 0.5) is 0 Å². The molecule has 0 unspecified atom stereocenters. The average Bonchev–Trinajstić information content (AvgIpc) is 3.07. The number of aliphatic imine (C=N–C) groups is 1. The lowest BCUT2D eigenvalue weighted by Gasteiger charge is -2.33. The van der Waals surface area contributed by atoms with Gasteiger partial charge < -0.3 is 15.0 Å². The minimum atomic E-state index is -0.0599. The Balaban J connectivity index is 1.75. The molecule has 1 aliphatic rings. The molecular formula is C17H28N4O2S. The Bertz CT molecular complexity index is 551. The van der Waals surface area contributed by atoms with Gasteiger partial charge in [0, 0.05) is 38.5 Å². The molecule has 0 amide bonds. The van der Waals surface area contributed by atoms with E-state index in [0.717, 1.165) is 57.0 Å². The molecule has 1 fully saturated rings. The number of hydrogen-bond donors (Lipinski definition) is 1. The molecule has 0 bridgehead atoms. The van der Waals surface area contributed by atoms with Crippen molar-refractivity contribution in [2.75, 3.05) is 33.3 Å². The fourth-order valence-corrected chi connectivity index (χ4v) is 3.63. The number of nitrogens with one attached hydrogen (secondary N) is 1. The third kappa shape index (κ3) is 5.19. The van der Waals surface area contributed by atoms with Gasteiger partial charge in [-0.15, -0.1) is 11.3 Å². The van der Waals surface area contributed by atoms with Crippen LogP contribution in [0.2, 0.25) is 0 Å². The van der Waals surface area contributed by atoms with Crippen LogP contribution in [0.25, 0.3) is 0 Å². The minimum Gasteiger partial charge on any atom is -0.466 e. The van der Waals surface area contributed by atoms with E-state index in [2.05, 4.69) is 32.5 Å². The Kier molecular flexibility index (Phi) is 7.49. The summed E-state index contributed by atoms with van der Waals surface area (Å²) in [6.07, 6.45) is 3.54. The summed E-state index contributed by atoms with van der Waals surface area (Å²) in [6, 6.07) is 0. The van der Waals surface area contributed by atoms with Crippen LogP contribution >= 0.6 is 11.3 Å². The van der Waals surface area contributed by atoms with Crippen molar-refractivity contribution >= 4 is 23.3 Å². The number of piperidine rings is 1. The summed E-state index contributed by atoms with van der Waals surface area (Å²) in [5.41, 5.74) is 1.14. The van der Waals surface area contributed by atoms with Gasteiger partial charge in [0.25, 0.3) is 0 Å². The van der Waals surface area contributed by atoms with Crippen LogP contribution in [0, 0.1) is 5.92 Å². The summed E-state index contributed by atoms with van der Waals surface area (Å²) in [5.74, 6) is 0.875. The number of rotatable bonds is 6. The van der Waals surface area contributed by atoms with Gasteiger partial charge in [0.1, 0.15) is 0 Å². The highest BCUT2D eigenvalue weighted by Crippen LogP contribution is 2.18. The third-order valence-corrected chi connectivity index (χ3v) is 5.23. The highest BCUT2D eigenvalue weighted by Gasteiger charge is 2.27. The quantitative estimate of drug-likeness (QED) is 0.482. The number of aromatic nitrogens is 1. The number of nitrogens with zero attached hydrogens (tertiary/aromatic N) is 3. The number of aryl methyl sites for hydroxylation is 1. The summed E-state index contributed by atoms with van der Waals surface area (Å²) in [4.78, 5) is 23.0. The zero-order valence-corrected chi connectivity index (χ0v) is 15.7. The number of likely N-dealkylation sites (tertiary alicyclic amines) is 1. The molecule has 1 aromatic heterocycles. The molecule has 0 aromatic carbocycles. The third-order valence-electron chi connectivity index (χ3n) is 4.19. The SMILES string of the molecule is CCOC(=O)C1CCN(C(=NC)NCCc2csc(CC)n2)CC1. The highest BCUT2D eigenvalue weighted by atomic mass is 32.1. The first kappa shape index (κ1) is 18.7. The summed E-state index contributed by atoms with van der Waals surface area (Å²) < 4.78 is 5.12. The van der Waals surface area contributed by atoms with E-state index in [9.17, 15) is 4.79 Å². The van der Waals surface area contributed by atoms with Crippen LogP contribution in [0.1, 0.15) is 37.4 Å². The van der Waals surface area contributed by atoms with Gasteiger partial charge in [0.2, 0.25) is 0 Å². The van der Waals surface area contributed by atoms with Gasteiger partial charge >= 0.3 is 5.97 Å². The van der Waals surface area contributed by atoms with Crippen LogP contribution in [0.3, 0.4) is 0 Å². The van der Waals surface area contributed by atoms with Crippen LogP contribution in [0.15, 0.2) is 10.4 Å². The summed E-state index contributed by atoms with van der Waals surface area (Å²) in [6.45, 7) is 6.92. The Morgan fingerprint density at radius 3 is 2.79 bits per heavy atom. The van der Waals surface area contributed by atoms with Gasteiger partial charge in [0.15, 0.2) is 5.96 Å². The molecule has 24 heavy (non-hydrogen) atoms. The average molecular weight is 353 g/mol. The zero-order chi connectivity index (χ0) is 17.4. The van der Waals surface area contributed by atoms with Crippen LogP contribution in [-0.2, 0) is 22.4 Å². The first-order valence-electron chi connectivity index (χ1n) is 8.73. The zero-order valence-electron chi connectivity index (χ0n) is 14.9. The van der Waals surface area contributed by atoms with E-state index in [1.54, 1.807) is 18.4 Å². The molecule has 0 radical (unpaired) electrons. The molecule has 1 aromatic rings. The van der Waals surface area contributed by atoms with E-state index in [1.165, 1.54) is 5.01 Å². The van der Waals surface area contributed by atoms with E-state index < -0.39 is 0 Å². The number of hydrogen-bond acceptors (Lipinski definition) is 5. The molecule has 0 saturated carbocycles. The molecule has 7 heteroatoms. The number of carbonyl (C=O) groups is 1. The van der Waals surface area contributed by atoms with Crippen LogP contribution in [-0.4, -0.2) is 55.1 Å². The van der Waals surface area contributed by atoms with Crippen molar-refractivity contribution in [2.45, 2.75) is 39.5 Å². The number of guanidine groups is 1. The van der Waals surface area contributed by atoms with Gasteiger partial charge in [-0.3, -0.25) is 9.79 Å². The van der Waals surface area contributed by atoms with Crippen molar-refractivity contribution in [3.63, 3.8) is 0 Å². The first-order valence-corrected chi connectivity index (χ1v) is 9.61. The van der Waals surface area contributed by atoms with Crippen LogP contribution in [0.5, 0.6) is 0 Å². The standard InChI is InChI=1S/C17H28N4O2S/c1-4-15-20-14(12-24-15)6-9-19-17(18-3)21-10-7-13(8-11-21)16(22)23-5-2/h12-13H,4-11H2,1-3H3,(H,18,19). The van der Waals surface area contributed by atoms with Crippen molar-refractivity contribution in [3.8, 4) is 0 Å². The molecule has 1 saturated heterocycles. The molecule has 2 heterocycles. The van der Waals surface area contributed by atoms with E-state index >= 15 is 0 Å². The van der Waals surface area contributed by atoms with Crippen molar-refractivity contribution < 1.29 is 9.53 Å². The topological polar surface area (TPSA) is 66.8 Å². The second kappa shape index (κ2) is 9.61. The maximum Gasteiger partial charge on any atom is 0.309 e. The number of ether oxygens (including phenoxy) is 1. The van der Waals surface area contributed by atoms with Gasteiger partial charge in [-0.05, 0) is 26.2 Å². The van der Waals surface area contributed by atoms with Gasteiger partial charge in [0.05, 0.1) is 23.2 Å². The number of thiazole rings is 1. The molecule has 2 rings (SSSR count). The fourth-order valence-electron chi connectivity index (χ4n) is 2.85. The Hall–Kier alpha value is -1.63. The Labute approximate surface area is 148 Å². The molecule has 6 nitrogen and oxygen atoms in total.